The van der Waals surface area contributed by atoms with Crippen LogP contribution in [-0.4, -0.2) is 149 Å². The fourth-order valence-corrected chi connectivity index (χ4v) is 2.22. The molecular weight excluding hydrogens is 807 g/mol. The van der Waals surface area contributed by atoms with Crippen LogP contribution in [0.4, 0.5) is 0 Å². The maximum Gasteiger partial charge on any atom is 0.399 e. The molecule has 0 saturated heterocycles. The first-order valence-electron chi connectivity index (χ1n) is 16.3. The van der Waals surface area contributed by atoms with Gasteiger partial charge in [0.05, 0.1) is 95.8 Å². The van der Waals surface area contributed by atoms with Crippen molar-refractivity contribution < 1.29 is 66.1 Å². The molecule has 57 heavy (non-hydrogen) atoms. The number of benzene rings is 3. The van der Waals surface area contributed by atoms with Crippen molar-refractivity contribution in [1.29, 1.82) is 0 Å². The zero-order valence-corrected chi connectivity index (χ0v) is 38.4. The van der Waals surface area contributed by atoms with Crippen molar-refractivity contribution in [3.8, 4) is 0 Å². The molecule has 17 nitrogen and oxygen atoms in total. The van der Waals surface area contributed by atoms with E-state index >= 15 is 0 Å². The largest absolute Gasteiger partial charge is 0.633 e. The topological polar surface area (TPSA) is 226 Å². The minimum atomic E-state index is -3.66. The zero-order valence-electron chi connectivity index (χ0n) is 36.0. The molecule has 0 heterocycles. The van der Waals surface area contributed by atoms with Crippen LogP contribution in [0.15, 0.2) is 91.0 Å². The number of sulfonamides is 1. The molecule has 0 bridgehead atoms. The Balaban J connectivity index is -0.000000185. The lowest BCUT2D eigenvalue weighted by Crippen LogP contribution is -2.27. The van der Waals surface area contributed by atoms with Gasteiger partial charge in [-0.15, -0.1) is 0 Å². The number of ether oxygens (including phenoxy) is 1. The lowest BCUT2D eigenvalue weighted by Gasteiger charge is -2.27. The van der Waals surface area contributed by atoms with Crippen molar-refractivity contribution in [3.05, 3.63) is 113 Å². The summed E-state index contributed by atoms with van der Waals surface area (Å²) in [5, 5.41) is 10.0. The first-order chi connectivity index (χ1) is 25.7. The van der Waals surface area contributed by atoms with Crippen LogP contribution in [0, 0.1) is 5.21 Å². The summed E-state index contributed by atoms with van der Waals surface area (Å²) in [6.07, 6.45) is 2.10. The lowest BCUT2D eigenvalue weighted by atomic mass is 10.1. The number of quaternary nitrogens is 2. The second-order valence-electron chi connectivity index (χ2n) is 12.9. The van der Waals surface area contributed by atoms with Gasteiger partial charge in [0.2, 0.25) is 10.0 Å². The van der Waals surface area contributed by atoms with E-state index in [1.165, 1.54) is 28.0 Å². The minimum absolute atomic E-state index is 0.0186. The SMILES string of the molecule is CC(=O)c1ccc(C(C)=O)cc1.CNS(C)(=O)=O.COC(=O)c1ccccc1.COS(=O)(=O)OC.COS(C)(=O)=O.C[N+](C)(C)C.C[N+](C)(C)[O-].c1ccccc1. The van der Waals surface area contributed by atoms with Gasteiger partial charge in [-0.25, -0.2) is 17.9 Å². The molecule has 20 heteroatoms. The molecule has 0 spiro atoms. The van der Waals surface area contributed by atoms with Gasteiger partial charge in [0.25, 0.3) is 10.1 Å². The Hall–Kier alpha value is -3.96. The average Bonchev–Trinajstić information content (AvgIpc) is 3.11. The summed E-state index contributed by atoms with van der Waals surface area (Å²) in [6, 6.07) is 27.5. The number of rotatable bonds is 7. The Morgan fingerprint density at radius 3 is 0.912 bits per heavy atom. The van der Waals surface area contributed by atoms with Gasteiger partial charge in [-0.2, -0.15) is 16.8 Å². The number of Topliss-reactive ketones (excluding diaryl/α,β-unsaturated/α-hetero) is 2. The Labute approximate surface area is 341 Å². The molecule has 0 aliphatic rings. The van der Waals surface area contributed by atoms with Gasteiger partial charge >= 0.3 is 16.4 Å². The first kappa shape index (κ1) is 62.2. The summed E-state index contributed by atoms with van der Waals surface area (Å²) in [7, 11) is 9.39. The average molecular weight is 871 g/mol. The standard InChI is InChI=1S/C10H10O2.C8H8O2.C6H6.C4H12N.C3H9NO.C2H7NO2S.C2H6O4S.C2H6O3S/c1-7(11)9-3-5-10(6-4-9)8(2)12;1-10-8(9)7-5-3-2-4-6-7;1-2-4-6-5-3-1;1-5(2,3)4;1-4(2,3)5;1-3-6(2,4)5;1-5-7(3,4)6-2;1-5-6(2,3)4/h3-6H,1-2H3;2-6H,1H3;1-6H;1-4H3;1-3H3;3H,1-2H3;1-2H3;1-2H3/q;;;+1;;;;. The Morgan fingerprint density at radius 1 is 0.544 bits per heavy atom. The predicted molar refractivity (Wildman–Crippen MR) is 225 cm³/mol. The summed E-state index contributed by atoms with van der Waals surface area (Å²) in [4.78, 5) is 32.5. The summed E-state index contributed by atoms with van der Waals surface area (Å²) in [5.41, 5.74) is 1.87. The highest BCUT2D eigenvalue weighted by molar-refractivity contribution is 7.88. The highest BCUT2D eigenvalue weighted by atomic mass is 32.3. The fraction of sp³-hybridized carbons (Fsp3) is 0.432. The number of nitrogens with zero attached hydrogens (tertiary/aromatic N) is 2. The van der Waals surface area contributed by atoms with Crippen molar-refractivity contribution in [2.24, 2.45) is 0 Å². The summed E-state index contributed by atoms with van der Waals surface area (Å²) < 4.78 is 78.1. The second kappa shape index (κ2) is 33.1. The van der Waals surface area contributed by atoms with Gasteiger partial charge in [-0.3, -0.25) is 22.1 Å². The van der Waals surface area contributed by atoms with Crippen LogP contribution in [0.2, 0.25) is 0 Å². The Morgan fingerprint density at radius 2 is 0.772 bits per heavy atom. The molecule has 0 aromatic heterocycles. The van der Waals surface area contributed by atoms with Crippen LogP contribution in [0.3, 0.4) is 0 Å². The van der Waals surface area contributed by atoms with E-state index in [9.17, 15) is 44.8 Å². The maximum absolute atomic E-state index is 10.8. The van der Waals surface area contributed by atoms with Gasteiger partial charge in [0, 0.05) is 11.1 Å². The number of esters is 1. The van der Waals surface area contributed by atoms with E-state index in [-0.39, 0.29) is 22.2 Å². The van der Waals surface area contributed by atoms with Crippen molar-refractivity contribution in [2.75, 3.05) is 97.3 Å². The van der Waals surface area contributed by atoms with Crippen molar-refractivity contribution in [2.45, 2.75) is 13.8 Å². The molecule has 0 atom stereocenters. The van der Waals surface area contributed by atoms with Gasteiger partial charge in [0.15, 0.2) is 11.6 Å². The van der Waals surface area contributed by atoms with Gasteiger partial charge in [-0.05, 0) is 33.0 Å². The van der Waals surface area contributed by atoms with Crippen LogP contribution in [-0.2, 0) is 47.8 Å². The van der Waals surface area contributed by atoms with Gasteiger partial charge < -0.3 is 19.1 Å². The number of hydrogen-bond donors (Lipinski definition) is 1. The molecule has 0 aliphatic heterocycles. The van der Waals surface area contributed by atoms with Crippen LogP contribution >= 0.6 is 0 Å². The van der Waals surface area contributed by atoms with E-state index in [0.29, 0.717) is 16.7 Å². The number of carbonyl (C=O) groups excluding carboxylic acids is 3. The molecule has 0 amide bonds. The van der Waals surface area contributed by atoms with Crippen LogP contribution in [0.25, 0.3) is 0 Å². The molecule has 0 radical (unpaired) electrons. The number of hydrogen-bond acceptors (Lipinski definition) is 14. The molecule has 328 valence electrons. The number of nitrogens with one attached hydrogen (secondary N) is 1. The smallest absolute Gasteiger partial charge is 0.399 e. The molecular formula is C37H64N3O14S3+. The number of ketones is 2. The van der Waals surface area contributed by atoms with Gasteiger partial charge in [-0.1, -0.05) is 78.9 Å². The third-order valence-electron chi connectivity index (χ3n) is 4.64. The molecule has 0 saturated carbocycles. The summed E-state index contributed by atoms with van der Waals surface area (Å²) in [6.45, 7) is 3.01. The van der Waals surface area contributed by atoms with Gasteiger partial charge in [0.1, 0.15) is 0 Å². The highest BCUT2D eigenvalue weighted by Crippen LogP contribution is 2.05. The Kier molecular flexibility index (Phi) is 36.1. The third-order valence-corrected chi connectivity index (χ3v) is 6.80. The highest BCUT2D eigenvalue weighted by Gasteiger charge is 2.02. The van der Waals surface area contributed by atoms with E-state index in [1.54, 1.807) is 69.7 Å². The quantitative estimate of drug-likeness (QED) is 0.116. The number of carbonyl (C=O) groups is 3. The third kappa shape index (κ3) is 61.5. The van der Waals surface area contributed by atoms with Crippen molar-refractivity contribution in [3.63, 3.8) is 0 Å². The minimum Gasteiger partial charge on any atom is -0.633 e. The van der Waals surface area contributed by atoms with E-state index in [0.717, 1.165) is 38.3 Å². The molecule has 1 N–H and O–H groups in total. The Bertz CT molecular complexity index is 1690. The lowest BCUT2D eigenvalue weighted by molar-refractivity contribution is -0.849. The fourth-order valence-electron chi connectivity index (χ4n) is 2.08. The van der Waals surface area contributed by atoms with E-state index in [2.05, 4.69) is 50.2 Å². The molecule has 3 rings (SSSR count). The number of methoxy groups -OCH3 is 1. The monoisotopic (exact) mass is 870 g/mol. The van der Waals surface area contributed by atoms with E-state index in [4.69, 9.17) is 0 Å². The van der Waals surface area contributed by atoms with Crippen molar-refractivity contribution >= 4 is 48.1 Å². The molecule has 0 aliphatic carbocycles. The normalized spacial score (nSPS) is 10.4. The second-order valence-corrected chi connectivity index (χ2v) is 18.0. The van der Waals surface area contributed by atoms with Crippen LogP contribution in [0.1, 0.15) is 44.9 Å². The molecule has 0 unspecified atom stereocenters. The number of hydroxylamine groups is 3. The van der Waals surface area contributed by atoms with Crippen LogP contribution in [0.5, 0.6) is 0 Å². The first-order valence-corrected chi connectivity index (χ1v) is 21.3. The van der Waals surface area contributed by atoms with Crippen molar-refractivity contribution in [1.82, 2.24) is 4.72 Å². The van der Waals surface area contributed by atoms with Crippen LogP contribution < -0.4 is 4.72 Å². The predicted octanol–water partition coefficient (Wildman–Crippen LogP) is 4.05. The zero-order chi connectivity index (χ0) is 46.1. The van der Waals surface area contributed by atoms with E-state index in [1.807, 2.05) is 42.5 Å². The molecule has 3 aromatic rings. The summed E-state index contributed by atoms with van der Waals surface area (Å²) in [5.74, 6) is -0.254. The summed E-state index contributed by atoms with van der Waals surface area (Å²) >= 11 is 0. The van der Waals surface area contributed by atoms with E-state index < -0.39 is 30.5 Å². The molecule has 0 fully saturated rings. The molecule has 3 aromatic carbocycles. The maximum atomic E-state index is 10.8.